The number of hydrogen-bond donors (Lipinski definition) is 1. The van der Waals surface area contributed by atoms with Crippen LogP contribution in [0.3, 0.4) is 0 Å². The summed E-state index contributed by atoms with van der Waals surface area (Å²) in [6.45, 7) is 1.07. The maximum Gasteiger partial charge on any atom is 0.229 e. The molecule has 1 amide bonds. The molecule has 0 radical (unpaired) electrons. The van der Waals surface area contributed by atoms with Crippen molar-refractivity contribution in [1.82, 2.24) is 0 Å². The van der Waals surface area contributed by atoms with Gasteiger partial charge in [0.15, 0.2) is 0 Å². The van der Waals surface area contributed by atoms with Gasteiger partial charge in [-0.05, 0) is 42.0 Å². The average molecular weight is 355 g/mol. The first-order chi connectivity index (χ1) is 13.3. The Kier molecular flexibility index (Phi) is 6.21. The van der Waals surface area contributed by atoms with E-state index in [1.165, 1.54) is 0 Å². The second kappa shape index (κ2) is 9.21. The van der Waals surface area contributed by atoms with E-state index in [4.69, 9.17) is 5.26 Å². The molecule has 3 aromatic carbocycles. The predicted molar refractivity (Wildman–Crippen MR) is 108 cm³/mol. The summed E-state index contributed by atoms with van der Waals surface area (Å²) in [5, 5.41) is 12.1. The number of carbonyl (C=O) groups is 1. The standard InChI is InChI=1S/C23H21N3O/c24-17-19-11-13-21(14-12-19)25-16-15-23(27)26(22-9-5-2-6-10-22)18-20-7-3-1-4-8-20/h1-14,25H,15-16,18H2. The number of nitrogens with one attached hydrogen (secondary N) is 1. The highest BCUT2D eigenvalue weighted by molar-refractivity contribution is 5.93. The van der Waals surface area contributed by atoms with Crippen molar-refractivity contribution in [1.29, 1.82) is 5.26 Å². The Hall–Kier alpha value is -3.58. The van der Waals surface area contributed by atoms with Gasteiger partial charge in [0.1, 0.15) is 0 Å². The lowest BCUT2D eigenvalue weighted by Crippen LogP contribution is -2.31. The van der Waals surface area contributed by atoms with E-state index >= 15 is 0 Å². The van der Waals surface area contributed by atoms with Crippen LogP contribution in [0.5, 0.6) is 0 Å². The van der Waals surface area contributed by atoms with Crippen LogP contribution < -0.4 is 10.2 Å². The minimum atomic E-state index is 0.0613. The van der Waals surface area contributed by atoms with E-state index in [1.54, 1.807) is 12.1 Å². The van der Waals surface area contributed by atoms with Crippen LogP contribution >= 0.6 is 0 Å². The number of benzene rings is 3. The first-order valence-corrected chi connectivity index (χ1v) is 8.89. The summed E-state index contributed by atoms with van der Waals surface area (Å²) in [6.07, 6.45) is 0.377. The molecule has 0 spiro atoms. The van der Waals surface area contributed by atoms with Gasteiger partial charge in [-0.3, -0.25) is 4.79 Å². The molecular formula is C23H21N3O. The summed E-state index contributed by atoms with van der Waals surface area (Å²) >= 11 is 0. The number of rotatable bonds is 7. The molecule has 4 nitrogen and oxygen atoms in total. The van der Waals surface area contributed by atoms with Gasteiger partial charge in [-0.25, -0.2) is 0 Å². The second-order valence-corrected chi connectivity index (χ2v) is 6.17. The molecular weight excluding hydrogens is 334 g/mol. The molecule has 134 valence electrons. The number of carbonyl (C=O) groups excluding carboxylic acids is 1. The number of nitrogens with zero attached hydrogens (tertiary/aromatic N) is 2. The van der Waals surface area contributed by atoms with Crippen molar-refractivity contribution in [3.05, 3.63) is 96.1 Å². The van der Waals surface area contributed by atoms with E-state index in [2.05, 4.69) is 11.4 Å². The molecule has 0 aromatic heterocycles. The van der Waals surface area contributed by atoms with E-state index in [-0.39, 0.29) is 5.91 Å². The quantitative estimate of drug-likeness (QED) is 0.674. The maximum absolute atomic E-state index is 12.9. The second-order valence-electron chi connectivity index (χ2n) is 6.17. The monoisotopic (exact) mass is 355 g/mol. The molecule has 0 bridgehead atoms. The fourth-order valence-corrected chi connectivity index (χ4v) is 2.81. The molecule has 3 aromatic rings. The van der Waals surface area contributed by atoms with Crippen molar-refractivity contribution in [2.24, 2.45) is 0 Å². The molecule has 0 fully saturated rings. The lowest BCUT2D eigenvalue weighted by atomic mass is 10.1. The minimum Gasteiger partial charge on any atom is -0.385 e. The lowest BCUT2D eigenvalue weighted by Gasteiger charge is -2.23. The SMILES string of the molecule is N#Cc1ccc(NCCC(=O)N(Cc2ccccc2)c2ccccc2)cc1. The molecule has 0 aliphatic heterocycles. The van der Waals surface area contributed by atoms with Crippen molar-refractivity contribution >= 4 is 17.3 Å². The van der Waals surface area contributed by atoms with Gasteiger partial charge in [-0.2, -0.15) is 5.26 Å². The molecule has 27 heavy (non-hydrogen) atoms. The molecule has 0 saturated carbocycles. The van der Waals surface area contributed by atoms with Crippen LogP contribution in [0.25, 0.3) is 0 Å². The third-order valence-corrected chi connectivity index (χ3v) is 4.23. The highest BCUT2D eigenvalue weighted by Crippen LogP contribution is 2.18. The molecule has 0 atom stereocenters. The van der Waals surface area contributed by atoms with Crippen LogP contribution in [-0.4, -0.2) is 12.5 Å². The summed E-state index contributed by atoms with van der Waals surface area (Å²) in [7, 11) is 0. The van der Waals surface area contributed by atoms with Crippen LogP contribution in [0, 0.1) is 11.3 Å². The van der Waals surface area contributed by atoms with Crippen LogP contribution in [-0.2, 0) is 11.3 Å². The molecule has 0 aliphatic rings. The Morgan fingerprint density at radius 2 is 1.52 bits per heavy atom. The van der Waals surface area contributed by atoms with Gasteiger partial charge in [0, 0.05) is 24.3 Å². The number of amides is 1. The summed E-state index contributed by atoms with van der Waals surface area (Å²) in [6, 6.07) is 29.0. The van der Waals surface area contributed by atoms with Crippen molar-refractivity contribution in [2.75, 3.05) is 16.8 Å². The van der Waals surface area contributed by atoms with Crippen molar-refractivity contribution < 1.29 is 4.79 Å². The van der Waals surface area contributed by atoms with Crippen molar-refractivity contribution in [2.45, 2.75) is 13.0 Å². The topological polar surface area (TPSA) is 56.1 Å². The normalized spacial score (nSPS) is 10.0. The Bertz CT molecular complexity index is 900. The van der Waals surface area contributed by atoms with E-state index in [1.807, 2.05) is 77.7 Å². The molecule has 4 heteroatoms. The summed E-state index contributed by atoms with van der Waals surface area (Å²) in [5.41, 5.74) is 3.50. The Morgan fingerprint density at radius 3 is 2.15 bits per heavy atom. The molecule has 1 N–H and O–H groups in total. The number of nitriles is 1. The Morgan fingerprint density at radius 1 is 0.889 bits per heavy atom. The lowest BCUT2D eigenvalue weighted by molar-refractivity contribution is -0.118. The van der Waals surface area contributed by atoms with E-state index in [0.29, 0.717) is 25.1 Å². The van der Waals surface area contributed by atoms with Crippen LogP contribution in [0.2, 0.25) is 0 Å². The zero-order chi connectivity index (χ0) is 18.9. The molecule has 0 heterocycles. The summed E-state index contributed by atoms with van der Waals surface area (Å²) < 4.78 is 0. The molecule has 0 aliphatic carbocycles. The van der Waals surface area contributed by atoms with E-state index < -0.39 is 0 Å². The first-order valence-electron chi connectivity index (χ1n) is 8.89. The molecule has 3 rings (SSSR count). The Labute approximate surface area is 159 Å². The van der Waals surface area contributed by atoms with Crippen LogP contribution in [0.1, 0.15) is 17.5 Å². The van der Waals surface area contributed by atoms with Gasteiger partial charge in [0.2, 0.25) is 5.91 Å². The van der Waals surface area contributed by atoms with Gasteiger partial charge in [0.05, 0.1) is 18.2 Å². The molecule has 0 unspecified atom stereocenters. The highest BCUT2D eigenvalue weighted by atomic mass is 16.2. The van der Waals surface area contributed by atoms with Gasteiger partial charge < -0.3 is 10.2 Å². The first kappa shape index (κ1) is 18.2. The minimum absolute atomic E-state index is 0.0613. The zero-order valence-corrected chi connectivity index (χ0v) is 15.0. The largest absolute Gasteiger partial charge is 0.385 e. The van der Waals surface area contributed by atoms with Crippen molar-refractivity contribution in [3.63, 3.8) is 0 Å². The smallest absolute Gasteiger partial charge is 0.229 e. The Balaban J connectivity index is 1.64. The number of para-hydroxylation sites is 1. The van der Waals surface area contributed by atoms with Gasteiger partial charge in [0.25, 0.3) is 0 Å². The maximum atomic E-state index is 12.9. The zero-order valence-electron chi connectivity index (χ0n) is 15.0. The third-order valence-electron chi connectivity index (χ3n) is 4.23. The van der Waals surface area contributed by atoms with Crippen molar-refractivity contribution in [3.8, 4) is 6.07 Å². The third kappa shape index (κ3) is 5.20. The van der Waals surface area contributed by atoms with Gasteiger partial charge >= 0.3 is 0 Å². The van der Waals surface area contributed by atoms with Crippen LogP contribution in [0.15, 0.2) is 84.9 Å². The van der Waals surface area contributed by atoms with Gasteiger partial charge in [-0.15, -0.1) is 0 Å². The average Bonchev–Trinajstić information content (AvgIpc) is 2.74. The summed E-state index contributed by atoms with van der Waals surface area (Å²) in [5.74, 6) is 0.0613. The predicted octanol–water partition coefficient (Wildman–Crippen LogP) is 4.59. The van der Waals surface area contributed by atoms with Gasteiger partial charge in [-0.1, -0.05) is 48.5 Å². The van der Waals surface area contributed by atoms with E-state index in [0.717, 1.165) is 16.9 Å². The fraction of sp³-hybridized carbons (Fsp3) is 0.130. The van der Waals surface area contributed by atoms with Crippen LogP contribution in [0.4, 0.5) is 11.4 Å². The summed E-state index contributed by atoms with van der Waals surface area (Å²) in [4.78, 5) is 14.7. The fourth-order valence-electron chi connectivity index (χ4n) is 2.81. The highest BCUT2D eigenvalue weighted by Gasteiger charge is 2.15. The number of hydrogen-bond acceptors (Lipinski definition) is 3. The van der Waals surface area contributed by atoms with E-state index in [9.17, 15) is 4.79 Å². The number of anilines is 2. The molecule has 0 saturated heterocycles.